The first-order valence-electron chi connectivity index (χ1n) is 5.81. The Hall–Kier alpha value is -1.89. The standard InChI is InChI=1S/C15H12INO3/c1-20-14-7-2-10(8-13(14)15(18)19)9-17-12-5-3-11(16)4-6-12/h2-9H,1H3,(H,18,19). The zero-order chi connectivity index (χ0) is 14.5. The van der Waals surface area contributed by atoms with Gasteiger partial charge in [0.2, 0.25) is 0 Å². The lowest BCUT2D eigenvalue weighted by Crippen LogP contribution is -2.01. The molecule has 20 heavy (non-hydrogen) atoms. The smallest absolute Gasteiger partial charge is 0.339 e. The Kier molecular flexibility index (Phi) is 4.73. The number of ether oxygens (including phenoxy) is 1. The summed E-state index contributed by atoms with van der Waals surface area (Å²) in [7, 11) is 1.45. The summed E-state index contributed by atoms with van der Waals surface area (Å²) in [6, 6.07) is 12.7. The summed E-state index contributed by atoms with van der Waals surface area (Å²) in [4.78, 5) is 15.4. The Bertz CT molecular complexity index is 651. The second kappa shape index (κ2) is 6.51. The van der Waals surface area contributed by atoms with Crippen molar-refractivity contribution in [3.05, 3.63) is 57.2 Å². The van der Waals surface area contributed by atoms with Crippen molar-refractivity contribution in [3.8, 4) is 5.75 Å². The van der Waals surface area contributed by atoms with E-state index in [4.69, 9.17) is 9.84 Å². The molecule has 5 heteroatoms. The molecule has 0 atom stereocenters. The van der Waals surface area contributed by atoms with Gasteiger partial charge >= 0.3 is 5.97 Å². The number of carboxylic acid groups (broad SMARTS) is 1. The number of rotatable bonds is 4. The monoisotopic (exact) mass is 381 g/mol. The Morgan fingerprint density at radius 1 is 1.25 bits per heavy atom. The minimum atomic E-state index is -1.02. The van der Waals surface area contributed by atoms with E-state index in [1.165, 1.54) is 13.2 Å². The fourth-order valence-corrected chi connectivity index (χ4v) is 2.01. The molecule has 0 heterocycles. The Morgan fingerprint density at radius 3 is 2.55 bits per heavy atom. The highest BCUT2D eigenvalue weighted by atomic mass is 127. The van der Waals surface area contributed by atoms with Crippen LogP contribution in [0.5, 0.6) is 5.75 Å². The van der Waals surface area contributed by atoms with E-state index >= 15 is 0 Å². The molecule has 0 unspecified atom stereocenters. The molecule has 1 N–H and O–H groups in total. The Balaban J connectivity index is 2.27. The second-order valence-corrected chi connectivity index (χ2v) is 5.25. The van der Waals surface area contributed by atoms with Gasteiger partial charge in [0.15, 0.2) is 0 Å². The highest BCUT2D eigenvalue weighted by molar-refractivity contribution is 14.1. The third kappa shape index (κ3) is 3.57. The van der Waals surface area contributed by atoms with Gasteiger partial charge in [0, 0.05) is 9.78 Å². The maximum absolute atomic E-state index is 11.1. The molecule has 0 aromatic heterocycles. The van der Waals surface area contributed by atoms with Crippen LogP contribution in [0.1, 0.15) is 15.9 Å². The molecular weight excluding hydrogens is 369 g/mol. The summed E-state index contributed by atoms with van der Waals surface area (Å²) in [6.45, 7) is 0. The van der Waals surface area contributed by atoms with Crippen LogP contribution in [-0.4, -0.2) is 24.4 Å². The summed E-state index contributed by atoms with van der Waals surface area (Å²) in [5.74, 6) is -0.685. The lowest BCUT2D eigenvalue weighted by molar-refractivity contribution is 0.0693. The summed E-state index contributed by atoms with van der Waals surface area (Å²) in [5, 5.41) is 9.11. The molecule has 2 aromatic carbocycles. The van der Waals surface area contributed by atoms with Gasteiger partial charge in [-0.15, -0.1) is 0 Å². The lowest BCUT2D eigenvalue weighted by atomic mass is 10.1. The van der Waals surface area contributed by atoms with Crippen molar-refractivity contribution < 1.29 is 14.6 Å². The van der Waals surface area contributed by atoms with Crippen molar-refractivity contribution in [3.63, 3.8) is 0 Å². The van der Waals surface area contributed by atoms with Crippen molar-refractivity contribution >= 4 is 40.5 Å². The molecule has 0 bridgehead atoms. The highest BCUT2D eigenvalue weighted by Gasteiger charge is 2.10. The number of benzene rings is 2. The third-order valence-corrected chi connectivity index (χ3v) is 3.36. The normalized spacial score (nSPS) is 10.7. The van der Waals surface area contributed by atoms with Crippen molar-refractivity contribution in [1.82, 2.24) is 0 Å². The number of methoxy groups -OCH3 is 1. The van der Waals surface area contributed by atoms with Crippen molar-refractivity contribution in [2.24, 2.45) is 4.99 Å². The first kappa shape index (κ1) is 14.5. The average Bonchev–Trinajstić information content (AvgIpc) is 2.46. The van der Waals surface area contributed by atoms with Gasteiger partial charge in [-0.25, -0.2) is 4.79 Å². The van der Waals surface area contributed by atoms with E-state index in [1.807, 2.05) is 24.3 Å². The van der Waals surface area contributed by atoms with E-state index in [2.05, 4.69) is 27.6 Å². The minimum Gasteiger partial charge on any atom is -0.496 e. The van der Waals surface area contributed by atoms with E-state index < -0.39 is 5.97 Å². The third-order valence-electron chi connectivity index (χ3n) is 2.64. The molecule has 0 aliphatic rings. The van der Waals surface area contributed by atoms with Crippen LogP contribution in [0.3, 0.4) is 0 Å². The van der Waals surface area contributed by atoms with Crippen LogP contribution in [0.15, 0.2) is 47.5 Å². The zero-order valence-electron chi connectivity index (χ0n) is 10.7. The van der Waals surface area contributed by atoms with Gasteiger partial charge in [0.25, 0.3) is 0 Å². The fourth-order valence-electron chi connectivity index (χ4n) is 1.65. The summed E-state index contributed by atoms with van der Waals surface area (Å²) >= 11 is 2.22. The number of halogens is 1. The lowest BCUT2D eigenvalue weighted by Gasteiger charge is -2.05. The van der Waals surface area contributed by atoms with Gasteiger partial charge in [-0.1, -0.05) is 0 Å². The van der Waals surface area contributed by atoms with Gasteiger partial charge in [-0.05, 0) is 70.6 Å². The molecule has 0 aliphatic heterocycles. The highest BCUT2D eigenvalue weighted by Crippen LogP contribution is 2.20. The van der Waals surface area contributed by atoms with Crippen LogP contribution in [0.4, 0.5) is 5.69 Å². The van der Waals surface area contributed by atoms with Crippen LogP contribution in [0.25, 0.3) is 0 Å². The molecule has 0 fully saturated rings. The maximum Gasteiger partial charge on any atom is 0.339 e. The Labute approximate surface area is 130 Å². The van der Waals surface area contributed by atoms with Crippen molar-refractivity contribution in [2.75, 3.05) is 7.11 Å². The summed E-state index contributed by atoms with van der Waals surface area (Å²) in [5.41, 5.74) is 1.65. The number of hydrogen-bond acceptors (Lipinski definition) is 3. The first-order valence-corrected chi connectivity index (χ1v) is 6.89. The largest absolute Gasteiger partial charge is 0.496 e. The van der Waals surface area contributed by atoms with Gasteiger partial charge in [0.05, 0.1) is 12.8 Å². The Morgan fingerprint density at radius 2 is 1.95 bits per heavy atom. The number of carbonyl (C=O) groups is 1. The number of aliphatic imine (C=N–C) groups is 1. The van der Waals surface area contributed by atoms with Gasteiger partial charge < -0.3 is 9.84 Å². The van der Waals surface area contributed by atoms with E-state index in [9.17, 15) is 4.79 Å². The molecule has 0 aliphatic carbocycles. The van der Waals surface area contributed by atoms with E-state index in [0.29, 0.717) is 11.3 Å². The molecule has 0 spiro atoms. The van der Waals surface area contributed by atoms with E-state index in [-0.39, 0.29) is 5.56 Å². The molecular formula is C15H12INO3. The quantitative estimate of drug-likeness (QED) is 0.648. The predicted octanol–water partition coefficient (Wildman–Crippen LogP) is 3.75. The number of carboxylic acids is 1. The van der Waals surface area contributed by atoms with E-state index in [1.54, 1.807) is 18.3 Å². The van der Waals surface area contributed by atoms with Gasteiger partial charge in [-0.3, -0.25) is 4.99 Å². The molecule has 0 radical (unpaired) electrons. The fraction of sp³-hybridized carbons (Fsp3) is 0.0667. The molecule has 2 rings (SSSR count). The minimum absolute atomic E-state index is 0.124. The molecule has 0 saturated heterocycles. The van der Waals surface area contributed by atoms with Gasteiger partial charge in [-0.2, -0.15) is 0 Å². The average molecular weight is 381 g/mol. The van der Waals surface area contributed by atoms with Crippen LogP contribution in [-0.2, 0) is 0 Å². The molecule has 102 valence electrons. The molecule has 0 saturated carbocycles. The molecule has 0 amide bonds. The SMILES string of the molecule is COc1ccc(C=Nc2ccc(I)cc2)cc1C(=O)O. The van der Waals surface area contributed by atoms with Crippen molar-refractivity contribution in [1.29, 1.82) is 0 Å². The topological polar surface area (TPSA) is 58.9 Å². The molecule has 4 nitrogen and oxygen atoms in total. The number of hydrogen-bond donors (Lipinski definition) is 1. The van der Waals surface area contributed by atoms with Gasteiger partial charge in [0.1, 0.15) is 11.3 Å². The van der Waals surface area contributed by atoms with Crippen molar-refractivity contribution in [2.45, 2.75) is 0 Å². The predicted molar refractivity (Wildman–Crippen MR) is 86.4 cm³/mol. The van der Waals surface area contributed by atoms with E-state index in [0.717, 1.165) is 9.26 Å². The summed E-state index contributed by atoms with van der Waals surface area (Å²) < 4.78 is 6.15. The summed E-state index contributed by atoms with van der Waals surface area (Å²) in [6.07, 6.45) is 1.63. The van der Waals surface area contributed by atoms with Crippen LogP contribution in [0.2, 0.25) is 0 Å². The van der Waals surface area contributed by atoms with Crippen LogP contribution >= 0.6 is 22.6 Å². The zero-order valence-corrected chi connectivity index (χ0v) is 12.9. The van der Waals surface area contributed by atoms with Crippen LogP contribution in [0, 0.1) is 3.57 Å². The maximum atomic E-state index is 11.1. The van der Waals surface area contributed by atoms with Crippen LogP contribution < -0.4 is 4.74 Å². The number of nitrogens with zero attached hydrogens (tertiary/aromatic N) is 1. The number of aromatic carboxylic acids is 1. The first-order chi connectivity index (χ1) is 9.60. The molecule has 2 aromatic rings. The second-order valence-electron chi connectivity index (χ2n) is 4.00.